The number of rotatable bonds is 4. The summed E-state index contributed by atoms with van der Waals surface area (Å²) in [4.78, 5) is 11.6. The van der Waals surface area contributed by atoms with E-state index in [1.807, 2.05) is 24.3 Å². The van der Waals surface area contributed by atoms with Crippen LogP contribution >= 0.6 is 15.9 Å². The van der Waals surface area contributed by atoms with Gasteiger partial charge in [0.25, 0.3) is 0 Å². The van der Waals surface area contributed by atoms with Gasteiger partial charge in [-0.25, -0.2) is 13.2 Å². The monoisotopic (exact) mass is 360 g/mol. The molecular formula is C13H17BrN2O3S. The maximum absolute atomic E-state index is 11.6. The Morgan fingerprint density at radius 3 is 2.85 bits per heavy atom. The molecule has 2 rings (SSSR count). The summed E-state index contributed by atoms with van der Waals surface area (Å²) in [7, 11) is -2.96. The van der Waals surface area contributed by atoms with Crippen molar-refractivity contribution in [2.24, 2.45) is 0 Å². The highest BCUT2D eigenvalue weighted by Crippen LogP contribution is 2.12. The molecule has 1 heterocycles. The molecule has 20 heavy (non-hydrogen) atoms. The van der Waals surface area contributed by atoms with Crippen LogP contribution in [0, 0.1) is 0 Å². The molecule has 1 aliphatic heterocycles. The molecular weight excluding hydrogens is 344 g/mol. The summed E-state index contributed by atoms with van der Waals surface area (Å²) in [6.45, 7) is 0.516. The molecule has 2 N–H and O–H groups in total. The van der Waals surface area contributed by atoms with Crippen molar-refractivity contribution in [3.8, 4) is 0 Å². The molecule has 2 amide bonds. The number of benzene rings is 1. The van der Waals surface area contributed by atoms with Gasteiger partial charge in [-0.3, -0.25) is 0 Å². The van der Waals surface area contributed by atoms with Gasteiger partial charge in [0.2, 0.25) is 0 Å². The molecule has 0 aliphatic carbocycles. The number of sulfone groups is 1. The van der Waals surface area contributed by atoms with Crippen molar-refractivity contribution in [1.29, 1.82) is 0 Å². The second kappa shape index (κ2) is 6.58. The third-order valence-electron chi connectivity index (χ3n) is 3.16. The van der Waals surface area contributed by atoms with Crippen molar-refractivity contribution in [2.45, 2.75) is 18.9 Å². The first-order valence-electron chi connectivity index (χ1n) is 6.44. The number of amides is 2. The largest absolute Gasteiger partial charge is 0.338 e. The number of urea groups is 1. The molecule has 0 radical (unpaired) electrons. The summed E-state index contributed by atoms with van der Waals surface area (Å²) < 4.78 is 23.6. The lowest BCUT2D eigenvalue weighted by Gasteiger charge is -2.12. The number of carbonyl (C=O) groups is 1. The maximum atomic E-state index is 11.6. The highest BCUT2D eigenvalue weighted by molar-refractivity contribution is 9.10. The fourth-order valence-electron chi connectivity index (χ4n) is 2.16. The molecule has 0 bridgehead atoms. The molecule has 1 unspecified atom stereocenters. The van der Waals surface area contributed by atoms with Gasteiger partial charge in [0.05, 0.1) is 11.5 Å². The summed E-state index contributed by atoms with van der Waals surface area (Å²) >= 11 is 3.40. The number of hydrogen-bond acceptors (Lipinski definition) is 3. The first-order chi connectivity index (χ1) is 9.44. The van der Waals surface area contributed by atoms with E-state index < -0.39 is 9.84 Å². The van der Waals surface area contributed by atoms with E-state index in [2.05, 4.69) is 26.6 Å². The zero-order valence-electron chi connectivity index (χ0n) is 10.9. The Kier molecular flexibility index (Phi) is 5.04. The lowest BCUT2D eigenvalue weighted by atomic mass is 10.1. The predicted octanol–water partition coefficient (Wildman–Crippen LogP) is 1.48. The normalized spacial score (nSPS) is 20.6. The molecule has 1 aliphatic rings. The van der Waals surface area contributed by atoms with Gasteiger partial charge in [-0.1, -0.05) is 28.1 Å². The summed E-state index contributed by atoms with van der Waals surface area (Å²) in [5.74, 6) is 0.210. The van der Waals surface area contributed by atoms with Crippen molar-refractivity contribution in [3.05, 3.63) is 34.3 Å². The summed E-state index contributed by atoms with van der Waals surface area (Å²) in [6.07, 6.45) is 1.23. The summed E-state index contributed by atoms with van der Waals surface area (Å²) in [5, 5.41) is 5.44. The van der Waals surface area contributed by atoms with Crippen molar-refractivity contribution < 1.29 is 13.2 Å². The van der Waals surface area contributed by atoms with Crippen LogP contribution in [0.15, 0.2) is 28.7 Å². The molecule has 1 atom stereocenters. The van der Waals surface area contributed by atoms with E-state index in [0.29, 0.717) is 13.0 Å². The molecule has 1 fully saturated rings. The third-order valence-corrected chi connectivity index (χ3v) is 5.42. The Bertz CT molecular complexity index is 589. The second-order valence-corrected chi connectivity index (χ2v) is 8.02. The van der Waals surface area contributed by atoms with Crippen LogP contribution in [-0.4, -0.2) is 38.5 Å². The van der Waals surface area contributed by atoms with E-state index in [1.165, 1.54) is 0 Å². The van der Waals surface area contributed by atoms with E-state index in [-0.39, 0.29) is 23.6 Å². The van der Waals surface area contributed by atoms with E-state index in [9.17, 15) is 13.2 Å². The lowest BCUT2D eigenvalue weighted by molar-refractivity contribution is 0.238. The molecule has 7 heteroatoms. The van der Waals surface area contributed by atoms with E-state index >= 15 is 0 Å². The number of hydrogen-bond donors (Lipinski definition) is 2. The molecule has 1 saturated heterocycles. The number of carbonyl (C=O) groups excluding carboxylic acids is 1. The molecule has 110 valence electrons. The quantitative estimate of drug-likeness (QED) is 0.853. The van der Waals surface area contributed by atoms with Crippen LogP contribution in [0.1, 0.15) is 12.0 Å². The minimum atomic E-state index is -2.96. The van der Waals surface area contributed by atoms with Gasteiger partial charge < -0.3 is 10.6 Å². The van der Waals surface area contributed by atoms with Crippen molar-refractivity contribution in [1.82, 2.24) is 10.6 Å². The first kappa shape index (κ1) is 15.3. The SMILES string of the molecule is O=C(NCCc1cccc(Br)c1)NC1CCS(=O)(=O)C1. The minimum absolute atomic E-state index is 0.0477. The van der Waals surface area contributed by atoms with Crippen molar-refractivity contribution in [2.75, 3.05) is 18.1 Å². The Morgan fingerprint density at radius 1 is 1.40 bits per heavy atom. The Hall–Kier alpha value is -1.08. The third kappa shape index (κ3) is 4.79. The Balaban J connectivity index is 1.71. The molecule has 0 aromatic heterocycles. The Morgan fingerprint density at radius 2 is 2.20 bits per heavy atom. The number of nitrogens with one attached hydrogen (secondary N) is 2. The van der Waals surface area contributed by atoms with Gasteiger partial charge in [0.1, 0.15) is 0 Å². The predicted molar refractivity (Wildman–Crippen MR) is 81.4 cm³/mol. The highest BCUT2D eigenvalue weighted by Gasteiger charge is 2.28. The van der Waals surface area contributed by atoms with E-state index in [1.54, 1.807) is 0 Å². The van der Waals surface area contributed by atoms with Gasteiger partial charge in [-0.15, -0.1) is 0 Å². The van der Waals surface area contributed by atoms with Crippen LogP contribution in [0.2, 0.25) is 0 Å². The first-order valence-corrected chi connectivity index (χ1v) is 9.05. The lowest BCUT2D eigenvalue weighted by Crippen LogP contribution is -2.43. The summed E-state index contributed by atoms with van der Waals surface area (Å²) in [5.41, 5.74) is 1.13. The second-order valence-electron chi connectivity index (χ2n) is 4.88. The van der Waals surface area contributed by atoms with Gasteiger partial charge >= 0.3 is 6.03 Å². The molecule has 1 aromatic carbocycles. The zero-order chi connectivity index (χ0) is 14.6. The highest BCUT2D eigenvalue weighted by atomic mass is 79.9. The minimum Gasteiger partial charge on any atom is -0.338 e. The van der Waals surface area contributed by atoms with Gasteiger partial charge in [0.15, 0.2) is 9.84 Å². The Labute approximate surface area is 127 Å². The fourth-order valence-corrected chi connectivity index (χ4v) is 4.28. The summed E-state index contributed by atoms with van der Waals surface area (Å²) in [6, 6.07) is 7.33. The fraction of sp³-hybridized carbons (Fsp3) is 0.462. The van der Waals surface area contributed by atoms with Crippen LogP contribution in [0.4, 0.5) is 4.79 Å². The average molecular weight is 361 g/mol. The average Bonchev–Trinajstić information content (AvgIpc) is 2.68. The topological polar surface area (TPSA) is 75.3 Å². The number of halogens is 1. The van der Waals surface area contributed by atoms with E-state index in [0.717, 1.165) is 16.5 Å². The molecule has 0 spiro atoms. The van der Waals surface area contributed by atoms with Crippen LogP contribution in [0.25, 0.3) is 0 Å². The van der Waals surface area contributed by atoms with Crippen molar-refractivity contribution >= 4 is 31.8 Å². The maximum Gasteiger partial charge on any atom is 0.315 e. The smallest absolute Gasteiger partial charge is 0.315 e. The van der Waals surface area contributed by atoms with Crippen molar-refractivity contribution in [3.63, 3.8) is 0 Å². The molecule has 1 aromatic rings. The zero-order valence-corrected chi connectivity index (χ0v) is 13.3. The van der Waals surface area contributed by atoms with E-state index in [4.69, 9.17) is 0 Å². The molecule has 0 saturated carbocycles. The molecule has 5 nitrogen and oxygen atoms in total. The van der Waals surface area contributed by atoms with Gasteiger partial charge in [0, 0.05) is 17.1 Å². The van der Waals surface area contributed by atoms with Gasteiger partial charge in [-0.05, 0) is 30.5 Å². The van der Waals surface area contributed by atoms with Crippen LogP contribution in [0.5, 0.6) is 0 Å². The van der Waals surface area contributed by atoms with Crippen LogP contribution < -0.4 is 10.6 Å². The standard InChI is InChI=1S/C13H17BrN2O3S/c14-11-3-1-2-10(8-11)4-6-15-13(17)16-12-5-7-20(18,19)9-12/h1-3,8,12H,4-7,9H2,(H2,15,16,17). The van der Waals surface area contributed by atoms with Gasteiger partial charge in [-0.2, -0.15) is 0 Å². The van der Waals surface area contributed by atoms with Crippen LogP contribution in [0.3, 0.4) is 0 Å². The van der Waals surface area contributed by atoms with Crippen LogP contribution in [-0.2, 0) is 16.3 Å².